The minimum absolute atomic E-state index is 0.243. The lowest BCUT2D eigenvalue weighted by atomic mass is 10.1. The topological polar surface area (TPSA) is 17.1 Å². The molecule has 1 nitrogen and oxygen atoms in total. The summed E-state index contributed by atoms with van der Waals surface area (Å²) < 4.78 is 0. The molecule has 0 N–H and O–H groups in total. The normalized spacial score (nSPS) is 34.9. The Hall–Kier alpha value is -0.330. The third-order valence-corrected chi connectivity index (χ3v) is 1.66. The molecule has 0 aromatic rings. The first-order chi connectivity index (χ1) is 3.17. The second-order valence-electron chi connectivity index (χ2n) is 2.86. The molecule has 0 amide bonds. The lowest BCUT2D eigenvalue weighted by Crippen LogP contribution is -1.88. The minimum Gasteiger partial charge on any atom is -0.291 e. The van der Waals surface area contributed by atoms with Gasteiger partial charge in [-0.05, 0) is 11.8 Å². The number of hydrogen-bond donors (Lipinski definition) is 0. The Labute approximate surface area is 43.7 Å². The number of rotatable bonds is 1. The van der Waals surface area contributed by atoms with Crippen LogP contribution in [0.4, 0.5) is 0 Å². The van der Waals surface area contributed by atoms with Gasteiger partial charge in [0.1, 0.15) is 0 Å². The second-order valence-corrected chi connectivity index (χ2v) is 2.86. The molecule has 0 bridgehead atoms. The van der Waals surface area contributed by atoms with E-state index in [0.29, 0.717) is 5.41 Å². The molecule has 1 fully saturated rings. The average molecular weight is 97.1 g/mol. The van der Waals surface area contributed by atoms with Crippen molar-refractivity contribution < 1.29 is 4.79 Å². The Kier molecular flexibility index (Phi) is 0.748. The fourth-order valence-corrected chi connectivity index (χ4v) is 0.668. The SMILES string of the molecule is CC1(C)C[C@H]1[C]=O. The van der Waals surface area contributed by atoms with Crippen LogP contribution in [-0.2, 0) is 4.79 Å². The van der Waals surface area contributed by atoms with Crippen LogP contribution in [0.15, 0.2) is 0 Å². The van der Waals surface area contributed by atoms with E-state index in [4.69, 9.17) is 0 Å². The van der Waals surface area contributed by atoms with Crippen LogP contribution in [0.1, 0.15) is 20.3 Å². The Morgan fingerprint density at radius 1 is 1.71 bits per heavy atom. The van der Waals surface area contributed by atoms with Gasteiger partial charge in [0.15, 0.2) is 0 Å². The van der Waals surface area contributed by atoms with Crippen LogP contribution in [0.25, 0.3) is 0 Å². The van der Waals surface area contributed by atoms with Gasteiger partial charge in [0.05, 0.1) is 0 Å². The van der Waals surface area contributed by atoms with Crippen LogP contribution in [0.2, 0.25) is 0 Å². The van der Waals surface area contributed by atoms with E-state index in [-0.39, 0.29) is 5.92 Å². The van der Waals surface area contributed by atoms with Gasteiger partial charge in [-0.2, -0.15) is 0 Å². The molecule has 1 rings (SSSR count). The highest BCUT2D eigenvalue weighted by molar-refractivity contribution is 5.60. The molecule has 0 spiro atoms. The van der Waals surface area contributed by atoms with Crippen molar-refractivity contribution in [1.82, 2.24) is 0 Å². The summed E-state index contributed by atoms with van der Waals surface area (Å²) in [5.74, 6) is 0.243. The van der Waals surface area contributed by atoms with E-state index in [1.165, 1.54) is 0 Å². The van der Waals surface area contributed by atoms with Crippen LogP contribution in [-0.4, -0.2) is 6.29 Å². The number of hydrogen-bond acceptors (Lipinski definition) is 1. The second kappa shape index (κ2) is 1.09. The zero-order chi connectivity index (χ0) is 5.49. The molecule has 7 heavy (non-hydrogen) atoms. The molecule has 1 radical (unpaired) electrons. The maximum atomic E-state index is 9.86. The summed E-state index contributed by atoms with van der Waals surface area (Å²) in [4.78, 5) is 9.86. The summed E-state index contributed by atoms with van der Waals surface area (Å²) in [7, 11) is 0. The van der Waals surface area contributed by atoms with Crippen molar-refractivity contribution in [2.45, 2.75) is 20.3 Å². The summed E-state index contributed by atoms with van der Waals surface area (Å²) in [6, 6.07) is 0. The van der Waals surface area contributed by atoms with Crippen LogP contribution < -0.4 is 0 Å². The molecule has 39 valence electrons. The lowest BCUT2D eigenvalue weighted by molar-refractivity contribution is 0.530. The van der Waals surface area contributed by atoms with Crippen molar-refractivity contribution in [2.75, 3.05) is 0 Å². The summed E-state index contributed by atoms with van der Waals surface area (Å²) in [5.41, 5.74) is 0.293. The van der Waals surface area contributed by atoms with E-state index in [9.17, 15) is 4.79 Å². The molecular formula is C6H9O. The average Bonchev–Trinajstić information content (AvgIpc) is 2.13. The Bertz CT molecular complexity index is 94.4. The predicted molar refractivity (Wildman–Crippen MR) is 27.6 cm³/mol. The van der Waals surface area contributed by atoms with E-state index in [1.54, 1.807) is 0 Å². The molecule has 0 unspecified atom stereocenters. The summed E-state index contributed by atoms with van der Waals surface area (Å²) in [5, 5.41) is 0. The van der Waals surface area contributed by atoms with E-state index in [1.807, 2.05) is 6.29 Å². The quantitative estimate of drug-likeness (QED) is 0.479. The van der Waals surface area contributed by atoms with Gasteiger partial charge in [0.25, 0.3) is 0 Å². The van der Waals surface area contributed by atoms with E-state index in [2.05, 4.69) is 13.8 Å². The molecular weight excluding hydrogens is 88.1 g/mol. The van der Waals surface area contributed by atoms with E-state index >= 15 is 0 Å². The van der Waals surface area contributed by atoms with Crippen molar-refractivity contribution >= 4 is 6.29 Å². The van der Waals surface area contributed by atoms with Gasteiger partial charge in [0.2, 0.25) is 6.29 Å². The largest absolute Gasteiger partial charge is 0.291 e. The van der Waals surface area contributed by atoms with Gasteiger partial charge in [-0.25, -0.2) is 0 Å². The van der Waals surface area contributed by atoms with Gasteiger partial charge in [-0.1, -0.05) is 13.8 Å². The Morgan fingerprint density at radius 2 is 2.14 bits per heavy atom. The van der Waals surface area contributed by atoms with E-state index < -0.39 is 0 Å². The fourth-order valence-electron chi connectivity index (χ4n) is 0.668. The maximum Gasteiger partial charge on any atom is 0.202 e. The zero-order valence-electron chi connectivity index (χ0n) is 4.69. The minimum atomic E-state index is 0.243. The smallest absolute Gasteiger partial charge is 0.202 e. The third kappa shape index (κ3) is 0.671. The highest BCUT2D eigenvalue weighted by atomic mass is 16.1. The molecule has 1 aliphatic carbocycles. The van der Waals surface area contributed by atoms with Crippen molar-refractivity contribution in [2.24, 2.45) is 11.3 Å². The van der Waals surface area contributed by atoms with Crippen LogP contribution in [0.3, 0.4) is 0 Å². The van der Waals surface area contributed by atoms with Crippen molar-refractivity contribution in [3.8, 4) is 0 Å². The molecule has 1 saturated carbocycles. The first-order valence-electron chi connectivity index (χ1n) is 2.54. The first-order valence-corrected chi connectivity index (χ1v) is 2.54. The molecule has 1 aliphatic rings. The molecule has 0 aromatic carbocycles. The highest BCUT2D eigenvalue weighted by Gasteiger charge is 2.45. The van der Waals surface area contributed by atoms with Gasteiger partial charge >= 0.3 is 0 Å². The van der Waals surface area contributed by atoms with Gasteiger partial charge in [0, 0.05) is 5.92 Å². The van der Waals surface area contributed by atoms with Gasteiger partial charge < -0.3 is 0 Å². The standard InChI is InChI=1S/C6H9O/c1-6(2)3-5(6)4-7/h5H,3H2,1-2H3/t5-/m0/s1. The van der Waals surface area contributed by atoms with Crippen LogP contribution >= 0.6 is 0 Å². The highest BCUT2D eigenvalue weighted by Crippen LogP contribution is 2.49. The molecule has 0 saturated heterocycles. The van der Waals surface area contributed by atoms with E-state index in [0.717, 1.165) is 6.42 Å². The monoisotopic (exact) mass is 97.1 g/mol. The molecule has 0 heterocycles. The molecule has 1 heteroatoms. The first kappa shape index (κ1) is 4.82. The van der Waals surface area contributed by atoms with Crippen LogP contribution in [0.5, 0.6) is 0 Å². The van der Waals surface area contributed by atoms with Crippen molar-refractivity contribution in [1.29, 1.82) is 0 Å². The summed E-state index contributed by atoms with van der Waals surface area (Å²) in [6.07, 6.45) is 3.02. The van der Waals surface area contributed by atoms with Crippen molar-refractivity contribution in [3.63, 3.8) is 0 Å². The van der Waals surface area contributed by atoms with Gasteiger partial charge in [-0.3, -0.25) is 4.79 Å². The fraction of sp³-hybridized carbons (Fsp3) is 0.833. The summed E-state index contributed by atoms with van der Waals surface area (Å²) in [6.45, 7) is 4.17. The molecule has 1 atom stereocenters. The third-order valence-electron chi connectivity index (χ3n) is 1.66. The molecule has 0 aliphatic heterocycles. The number of carbonyl (C=O) groups excluding carboxylic acids is 1. The summed E-state index contributed by atoms with van der Waals surface area (Å²) >= 11 is 0. The zero-order valence-corrected chi connectivity index (χ0v) is 4.69. The lowest BCUT2D eigenvalue weighted by Gasteiger charge is -1.90. The predicted octanol–water partition coefficient (Wildman–Crippen LogP) is 1.14. The molecule has 0 aromatic heterocycles. The Balaban J connectivity index is 2.44. The Morgan fingerprint density at radius 3 is 2.14 bits per heavy atom. The maximum absolute atomic E-state index is 9.86. The van der Waals surface area contributed by atoms with Crippen molar-refractivity contribution in [3.05, 3.63) is 0 Å². The van der Waals surface area contributed by atoms with Gasteiger partial charge in [-0.15, -0.1) is 0 Å². The van der Waals surface area contributed by atoms with Crippen LogP contribution in [0, 0.1) is 11.3 Å².